The topological polar surface area (TPSA) is 54.5 Å². The molecule has 1 saturated heterocycles. The van der Waals surface area contributed by atoms with Crippen LogP contribution in [0.4, 0.5) is 0 Å². The van der Waals surface area contributed by atoms with Gasteiger partial charge in [-0.15, -0.1) is 0 Å². The Morgan fingerprint density at radius 1 is 1.20 bits per heavy atom. The summed E-state index contributed by atoms with van der Waals surface area (Å²) in [5.41, 5.74) is 0.531. The van der Waals surface area contributed by atoms with Crippen molar-refractivity contribution in [1.82, 2.24) is 4.31 Å². The first-order chi connectivity index (χ1) is 9.34. The summed E-state index contributed by atoms with van der Waals surface area (Å²) in [4.78, 5) is 11.5. The Morgan fingerprint density at radius 3 is 2.35 bits per heavy atom. The SMILES string of the molecule is CC(=O)c1ccc(S(=O)(=O)N2CCCC(C)C2C)cc1. The molecule has 1 aliphatic heterocycles. The Labute approximate surface area is 120 Å². The van der Waals surface area contributed by atoms with Crippen molar-refractivity contribution >= 4 is 15.8 Å². The molecule has 0 bridgehead atoms. The molecule has 1 fully saturated rings. The minimum Gasteiger partial charge on any atom is -0.295 e. The van der Waals surface area contributed by atoms with Crippen molar-refractivity contribution in [3.63, 3.8) is 0 Å². The quantitative estimate of drug-likeness (QED) is 0.806. The molecule has 2 unspecified atom stereocenters. The van der Waals surface area contributed by atoms with Gasteiger partial charge in [0.2, 0.25) is 10.0 Å². The summed E-state index contributed by atoms with van der Waals surface area (Å²) in [6, 6.07) is 6.22. The second-order valence-corrected chi connectivity index (χ2v) is 7.45. The maximum atomic E-state index is 12.7. The number of ketones is 1. The fourth-order valence-electron chi connectivity index (χ4n) is 2.63. The van der Waals surface area contributed by atoms with E-state index in [9.17, 15) is 13.2 Å². The zero-order valence-corrected chi connectivity index (χ0v) is 13.0. The van der Waals surface area contributed by atoms with Crippen LogP contribution in [0.3, 0.4) is 0 Å². The van der Waals surface area contributed by atoms with E-state index in [1.165, 1.54) is 19.1 Å². The lowest BCUT2D eigenvalue weighted by Crippen LogP contribution is -2.45. The van der Waals surface area contributed by atoms with E-state index in [4.69, 9.17) is 0 Å². The molecule has 1 aromatic rings. The van der Waals surface area contributed by atoms with Crippen LogP contribution in [0, 0.1) is 5.92 Å². The molecule has 0 spiro atoms. The summed E-state index contributed by atoms with van der Waals surface area (Å²) in [5.74, 6) is 0.309. The second-order valence-electron chi connectivity index (χ2n) is 5.56. The molecule has 0 amide bonds. The molecule has 1 aliphatic rings. The number of benzene rings is 1. The number of hydrogen-bond acceptors (Lipinski definition) is 3. The molecular weight excluding hydrogens is 274 g/mol. The first kappa shape index (κ1) is 15.2. The van der Waals surface area contributed by atoms with Gasteiger partial charge in [-0.2, -0.15) is 4.31 Å². The molecule has 0 aromatic heterocycles. The molecule has 2 atom stereocenters. The Bertz CT molecular complexity index is 592. The molecule has 1 aromatic carbocycles. The maximum Gasteiger partial charge on any atom is 0.243 e. The number of Topliss-reactive ketones (excluding diaryl/α,β-unsaturated/α-hetero) is 1. The Balaban J connectivity index is 2.32. The van der Waals surface area contributed by atoms with Crippen LogP contribution in [0.5, 0.6) is 0 Å². The van der Waals surface area contributed by atoms with Gasteiger partial charge in [-0.05, 0) is 44.7 Å². The lowest BCUT2D eigenvalue weighted by atomic mass is 9.94. The molecule has 110 valence electrons. The number of sulfonamides is 1. The molecule has 0 saturated carbocycles. The standard InChI is InChI=1S/C15H21NO3S/c1-11-5-4-10-16(12(11)2)20(18,19)15-8-6-14(7-9-15)13(3)17/h6-9,11-12H,4-5,10H2,1-3H3. The highest BCUT2D eigenvalue weighted by Crippen LogP contribution is 2.28. The van der Waals surface area contributed by atoms with Crippen LogP contribution in [0.15, 0.2) is 29.2 Å². The number of hydrogen-bond donors (Lipinski definition) is 0. The van der Waals surface area contributed by atoms with Crippen LogP contribution in [-0.4, -0.2) is 31.1 Å². The first-order valence-corrected chi connectivity index (χ1v) is 8.41. The second kappa shape index (κ2) is 5.66. The van der Waals surface area contributed by atoms with Gasteiger partial charge in [-0.3, -0.25) is 4.79 Å². The van der Waals surface area contributed by atoms with Crippen LogP contribution in [0.1, 0.15) is 44.0 Å². The van der Waals surface area contributed by atoms with E-state index < -0.39 is 10.0 Å². The average molecular weight is 295 g/mol. The van der Waals surface area contributed by atoms with Crippen molar-refractivity contribution in [2.45, 2.75) is 44.6 Å². The predicted molar refractivity (Wildman–Crippen MR) is 78.2 cm³/mol. The molecule has 1 heterocycles. The summed E-state index contributed by atoms with van der Waals surface area (Å²) in [7, 11) is -3.46. The number of rotatable bonds is 3. The van der Waals surface area contributed by atoms with E-state index in [0.717, 1.165) is 12.8 Å². The molecule has 4 nitrogen and oxygen atoms in total. The zero-order chi connectivity index (χ0) is 14.9. The largest absolute Gasteiger partial charge is 0.295 e. The van der Waals surface area contributed by atoms with E-state index in [0.29, 0.717) is 18.0 Å². The minimum absolute atomic E-state index is 0.0150. The van der Waals surface area contributed by atoms with E-state index in [-0.39, 0.29) is 16.7 Å². The van der Waals surface area contributed by atoms with Gasteiger partial charge in [0, 0.05) is 18.2 Å². The van der Waals surface area contributed by atoms with E-state index in [1.807, 2.05) is 6.92 Å². The number of piperidine rings is 1. The Kier molecular flexibility index (Phi) is 4.30. The normalized spacial score (nSPS) is 24.6. The fraction of sp³-hybridized carbons (Fsp3) is 0.533. The highest BCUT2D eigenvalue weighted by Gasteiger charge is 2.34. The van der Waals surface area contributed by atoms with Crippen LogP contribution in [0.2, 0.25) is 0 Å². The average Bonchev–Trinajstić information content (AvgIpc) is 2.41. The van der Waals surface area contributed by atoms with Crippen molar-refractivity contribution in [2.24, 2.45) is 5.92 Å². The highest BCUT2D eigenvalue weighted by molar-refractivity contribution is 7.89. The van der Waals surface area contributed by atoms with Gasteiger partial charge >= 0.3 is 0 Å². The van der Waals surface area contributed by atoms with Gasteiger partial charge < -0.3 is 0 Å². The first-order valence-electron chi connectivity index (χ1n) is 6.97. The van der Waals surface area contributed by atoms with Crippen LogP contribution in [-0.2, 0) is 10.0 Å². The molecule has 0 N–H and O–H groups in total. The highest BCUT2D eigenvalue weighted by atomic mass is 32.2. The monoisotopic (exact) mass is 295 g/mol. The third kappa shape index (κ3) is 2.79. The molecule has 20 heavy (non-hydrogen) atoms. The number of nitrogens with zero attached hydrogens (tertiary/aromatic N) is 1. The molecular formula is C15H21NO3S. The summed E-state index contributed by atoms with van der Waals surface area (Å²) >= 11 is 0. The third-order valence-electron chi connectivity index (χ3n) is 4.18. The predicted octanol–water partition coefficient (Wildman–Crippen LogP) is 2.70. The van der Waals surface area contributed by atoms with E-state index in [1.54, 1.807) is 16.4 Å². The summed E-state index contributed by atoms with van der Waals surface area (Å²) in [5, 5.41) is 0. The lowest BCUT2D eigenvalue weighted by Gasteiger charge is -2.36. The van der Waals surface area contributed by atoms with Crippen molar-refractivity contribution in [3.05, 3.63) is 29.8 Å². The van der Waals surface area contributed by atoms with Crippen molar-refractivity contribution in [2.75, 3.05) is 6.54 Å². The fourth-order valence-corrected chi connectivity index (χ4v) is 4.40. The van der Waals surface area contributed by atoms with Crippen molar-refractivity contribution in [3.8, 4) is 0 Å². The van der Waals surface area contributed by atoms with Crippen LogP contribution in [0.25, 0.3) is 0 Å². The van der Waals surface area contributed by atoms with Gasteiger partial charge in [0.25, 0.3) is 0 Å². The van der Waals surface area contributed by atoms with E-state index >= 15 is 0 Å². The van der Waals surface area contributed by atoms with E-state index in [2.05, 4.69) is 6.92 Å². The van der Waals surface area contributed by atoms with Crippen molar-refractivity contribution < 1.29 is 13.2 Å². The third-order valence-corrected chi connectivity index (χ3v) is 6.18. The Morgan fingerprint density at radius 2 is 1.80 bits per heavy atom. The van der Waals surface area contributed by atoms with Crippen molar-refractivity contribution in [1.29, 1.82) is 0 Å². The zero-order valence-electron chi connectivity index (χ0n) is 12.2. The van der Waals surface area contributed by atoms with Gasteiger partial charge in [0.15, 0.2) is 5.78 Å². The number of carbonyl (C=O) groups excluding carboxylic acids is 1. The lowest BCUT2D eigenvalue weighted by molar-refractivity contribution is 0.101. The van der Waals surface area contributed by atoms with Gasteiger partial charge in [0.1, 0.15) is 0 Å². The van der Waals surface area contributed by atoms with Gasteiger partial charge in [0.05, 0.1) is 4.90 Å². The summed E-state index contributed by atoms with van der Waals surface area (Å²) in [6.45, 7) is 6.09. The molecule has 5 heteroatoms. The summed E-state index contributed by atoms with van der Waals surface area (Å²) < 4.78 is 26.9. The minimum atomic E-state index is -3.46. The smallest absolute Gasteiger partial charge is 0.243 e. The molecule has 2 rings (SSSR count). The number of carbonyl (C=O) groups is 1. The molecule has 0 aliphatic carbocycles. The van der Waals surface area contributed by atoms with Gasteiger partial charge in [-0.1, -0.05) is 19.1 Å². The maximum absolute atomic E-state index is 12.7. The summed E-state index contributed by atoms with van der Waals surface area (Å²) in [6.07, 6.45) is 1.97. The Hall–Kier alpha value is -1.20. The molecule has 0 radical (unpaired) electrons. The van der Waals surface area contributed by atoms with Crippen LogP contribution < -0.4 is 0 Å². The van der Waals surface area contributed by atoms with Crippen LogP contribution >= 0.6 is 0 Å². The van der Waals surface area contributed by atoms with Gasteiger partial charge in [-0.25, -0.2) is 8.42 Å².